The van der Waals surface area contributed by atoms with Crippen LogP contribution in [0, 0.1) is 6.92 Å². The number of fused-ring (bicyclic) bond motifs is 1. The first kappa shape index (κ1) is 22.1. The van der Waals surface area contributed by atoms with Crippen molar-refractivity contribution in [3.8, 4) is 11.3 Å². The summed E-state index contributed by atoms with van der Waals surface area (Å²) >= 11 is 0. The van der Waals surface area contributed by atoms with Crippen LogP contribution in [0.2, 0.25) is 0 Å². The van der Waals surface area contributed by atoms with Crippen molar-refractivity contribution in [2.24, 2.45) is 0 Å². The average Bonchev–Trinajstić information content (AvgIpc) is 3.37. The smallest absolute Gasteiger partial charge is 0.254 e. The van der Waals surface area contributed by atoms with Crippen molar-refractivity contribution in [3.63, 3.8) is 0 Å². The van der Waals surface area contributed by atoms with Crippen LogP contribution in [0.5, 0.6) is 0 Å². The number of pyridine rings is 1. The average molecular weight is 467 g/mol. The molecule has 2 fully saturated rings. The van der Waals surface area contributed by atoms with Crippen LogP contribution < -0.4 is 0 Å². The molecule has 7 nitrogen and oxygen atoms in total. The van der Waals surface area contributed by atoms with Gasteiger partial charge in [-0.1, -0.05) is 31.2 Å². The lowest BCUT2D eigenvalue weighted by atomic mass is 10.0. The highest BCUT2D eigenvalue weighted by Gasteiger charge is 2.33. The third-order valence-corrected chi connectivity index (χ3v) is 8.67. The molecule has 1 amide bonds. The van der Waals surface area contributed by atoms with Crippen LogP contribution in [0.3, 0.4) is 0 Å². The fourth-order valence-corrected chi connectivity index (χ4v) is 6.72. The number of aromatic nitrogens is 3. The molecular formula is C25H30N4O3S. The quantitative estimate of drug-likeness (QED) is 0.581. The van der Waals surface area contributed by atoms with Gasteiger partial charge in [-0.25, -0.2) is 18.1 Å². The molecule has 0 radical (unpaired) electrons. The van der Waals surface area contributed by atoms with E-state index < -0.39 is 9.84 Å². The van der Waals surface area contributed by atoms with Gasteiger partial charge in [-0.05, 0) is 50.7 Å². The number of likely N-dealkylation sites (tertiary alicyclic amines) is 1. The van der Waals surface area contributed by atoms with Crippen molar-refractivity contribution in [1.82, 2.24) is 19.7 Å². The first-order chi connectivity index (χ1) is 15.9. The van der Waals surface area contributed by atoms with E-state index in [1.807, 2.05) is 30.0 Å². The predicted molar refractivity (Wildman–Crippen MR) is 129 cm³/mol. The summed E-state index contributed by atoms with van der Waals surface area (Å²) in [5.41, 5.74) is 4.82. The Morgan fingerprint density at radius 2 is 1.85 bits per heavy atom. The van der Waals surface area contributed by atoms with Gasteiger partial charge in [0.15, 0.2) is 15.5 Å². The zero-order valence-electron chi connectivity index (χ0n) is 19.2. The van der Waals surface area contributed by atoms with Gasteiger partial charge in [0.25, 0.3) is 5.91 Å². The standard InChI is InChI=1S/C25H30N4O3S/c1-3-18-7-9-19(10-8-18)22-15-21(25(30)28-12-5-4-6-13-28)23-17(2)27-29(24(23)26-22)20-11-14-33(31,32)16-20/h7-10,15,20H,3-6,11-14,16H2,1-2H3. The maximum absolute atomic E-state index is 13.6. The Morgan fingerprint density at radius 1 is 1.12 bits per heavy atom. The van der Waals surface area contributed by atoms with Crippen LogP contribution in [-0.2, 0) is 16.3 Å². The molecule has 0 saturated carbocycles. The maximum atomic E-state index is 13.6. The van der Waals surface area contributed by atoms with E-state index in [0.717, 1.165) is 55.4 Å². The Kier molecular flexibility index (Phi) is 5.72. The summed E-state index contributed by atoms with van der Waals surface area (Å²) in [7, 11) is -3.08. The molecule has 0 N–H and O–H groups in total. The lowest BCUT2D eigenvalue weighted by Crippen LogP contribution is -2.35. The van der Waals surface area contributed by atoms with Gasteiger partial charge in [0.1, 0.15) is 0 Å². The first-order valence-electron chi connectivity index (χ1n) is 11.8. The second-order valence-corrected chi connectivity index (χ2v) is 11.5. The molecule has 174 valence electrons. The molecule has 2 aliphatic rings. The Morgan fingerprint density at radius 3 is 2.48 bits per heavy atom. The van der Waals surface area contributed by atoms with Crippen LogP contribution in [0.4, 0.5) is 0 Å². The number of sulfone groups is 1. The van der Waals surface area contributed by atoms with Crippen LogP contribution >= 0.6 is 0 Å². The summed E-state index contributed by atoms with van der Waals surface area (Å²) in [6, 6.07) is 9.88. The number of nitrogens with zero attached hydrogens (tertiary/aromatic N) is 4. The highest BCUT2D eigenvalue weighted by Crippen LogP contribution is 2.33. The molecule has 33 heavy (non-hydrogen) atoms. The maximum Gasteiger partial charge on any atom is 0.254 e. The van der Waals surface area contributed by atoms with E-state index in [9.17, 15) is 13.2 Å². The molecule has 8 heteroatoms. The van der Waals surface area contributed by atoms with Gasteiger partial charge in [0.05, 0.1) is 39.9 Å². The van der Waals surface area contributed by atoms with E-state index >= 15 is 0 Å². The number of aryl methyl sites for hydroxylation is 2. The Balaban J connectivity index is 1.68. The van der Waals surface area contributed by atoms with E-state index in [1.165, 1.54) is 5.56 Å². The molecule has 2 aliphatic heterocycles. The molecule has 1 aromatic carbocycles. The summed E-state index contributed by atoms with van der Waals surface area (Å²) in [5.74, 6) is 0.237. The molecule has 4 heterocycles. The number of amides is 1. The van der Waals surface area contributed by atoms with Crippen molar-refractivity contribution in [2.45, 2.75) is 52.0 Å². The Labute approximate surface area is 194 Å². The van der Waals surface area contributed by atoms with Gasteiger partial charge >= 0.3 is 0 Å². The van der Waals surface area contributed by atoms with E-state index in [4.69, 9.17) is 10.1 Å². The van der Waals surface area contributed by atoms with Gasteiger partial charge < -0.3 is 4.90 Å². The molecule has 2 aromatic heterocycles. The lowest BCUT2D eigenvalue weighted by molar-refractivity contribution is 0.0726. The van der Waals surface area contributed by atoms with E-state index in [2.05, 4.69) is 19.1 Å². The van der Waals surface area contributed by atoms with E-state index in [0.29, 0.717) is 23.3 Å². The van der Waals surface area contributed by atoms with Gasteiger partial charge in [0, 0.05) is 18.7 Å². The highest BCUT2D eigenvalue weighted by molar-refractivity contribution is 7.91. The fraction of sp³-hybridized carbons (Fsp3) is 0.480. The molecule has 1 unspecified atom stereocenters. The zero-order valence-corrected chi connectivity index (χ0v) is 20.1. The van der Waals surface area contributed by atoms with Crippen LogP contribution in [0.1, 0.15) is 60.3 Å². The largest absolute Gasteiger partial charge is 0.339 e. The fourth-order valence-electron chi connectivity index (χ4n) is 5.03. The molecule has 5 rings (SSSR count). The zero-order chi connectivity index (χ0) is 23.2. The summed E-state index contributed by atoms with van der Waals surface area (Å²) in [6.07, 6.45) is 4.66. The van der Waals surface area contributed by atoms with Gasteiger partial charge in [-0.3, -0.25) is 4.79 Å². The van der Waals surface area contributed by atoms with Crippen molar-refractivity contribution in [3.05, 3.63) is 47.2 Å². The van der Waals surface area contributed by atoms with Crippen LogP contribution in [0.15, 0.2) is 30.3 Å². The molecule has 0 aliphatic carbocycles. The Bertz CT molecular complexity index is 1310. The summed E-state index contributed by atoms with van der Waals surface area (Å²) in [5, 5.41) is 5.45. The second-order valence-electron chi connectivity index (χ2n) is 9.24. The third kappa shape index (κ3) is 4.16. The first-order valence-corrected chi connectivity index (χ1v) is 13.7. The number of rotatable bonds is 4. The summed E-state index contributed by atoms with van der Waals surface area (Å²) < 4.78 is 26.1. The van der Waals surface area contributed by atoms with E-state index in [1.54, 1.807) is 4.68 Å². The molecule has 3 aromatic rings. The van der Waals surface area contributed by atoms with Gasteiger partial charge in [-0.15, -0.1) is 0 Å². The monoisotopic (exact) mass is 466 g/mol. The molecule has 0 spiro atoms. The van der Waals surface area contributed by atoms with Crippen molar-refractivity contribution < 1.29 is 13.2 Å². The normalized spacial score (nSPS) is 20.4. The minimum Gasteiger partial charge on any atom is -0.339 e. The predicted octanol–water partition coefficient (Wildman–Crippen LogP) is 3.95. The molecule has 0 bridgehead atoms. The minimum absolute atomic E-state index is 0.00946. The van der Waals surface area contributed by atoms with Crippen molar-refractivity contribution in [2.75, 3.05) is 24.6 Å². The minimum atomic E-state index is -3.08. The topological polar surface area (TPSA) is 85.2 Å². The van der Waals surface area contributed by atoms with Gasteiger partial charge in [0.2, 0.25) is 0 Å². The van der Waals surface area contributed by atoms with Crippen molar-refractivity contribution >= 4 is 26.8 Å². The number of carbonyl (C=O) groups is 1. The SMILES string of the molecule is CCc1ccc(-c2cc(C(=O)N3CCCCC3)c3c(C)nn(C4CCS(=O)(=O)C4)c3n2)cc1. The lowest BCUT2D eigenvalue weighted by Gasteiger charge is -2.27. The number of benzene rings is 1. The molecule has 1 atom stereocenters. The number of carbonyl (C=O) groups excluding carboxylic acids is 1. The van der Waals surface area contributed by atoms with E-state index in [-0.39, 0.29) is 23.5 Å². The summed E-state index contributed by atoms with van der Waals surface area (Å²) in [6.45, 7) is 5.52. The Hall–Kier alpha value is -2.74. The van der Waals surface area contributed by atoms with Crippen LogP contribution in [0.25, 0.3) is 22.3 Å². The number of hydrogen-bond donors (Lipinski definition) is 0. The van der Waals surface area contributed by atoms with Crippen molar-refractivity contribution in [1.29, 1.82) is 0 Å². The number of piperidine rings is 1. The summed E-state index contributed by atoms with van der Waals surface area (Å²) in [4.78, 5) is 20.5. The highest BCUT2D eigenvalue weighted by atomic mass is 32.2. The molecule has 2 saturated heterocycles. The second kappa shape index (κ2) is 8.56. The molecular weight excluding hydrogens is 436 g/mol. The number of hydrogen-bond acceptors (Lipinski definition) is 5. The van der Waals surface area contributed by atoms with Crippen LogP contribution in [-0.4, -0.2) is 58.6 Å². The third-order valence-electron chi connectivity index (χ3n) is 6.92. The van der Waals surface area contributed by atoms with Gasteiger partial charge in [-0.2, -0.15) is 5.10 Å².